The summed E-state index contributed by atoms with van der Waals surface area (Å²) >= 11 is 24.4. The Hall–Kier alpha value is -3.13. The Morgan fingerprint density at radius 1 is 0.818 bits per heavy atom. The second-order valence-corrected chi connectivity index (χ2v) is 11.8. The Kier molecular flexibility index (Phi) is 9.20. The predicted octanol–water partition coefficient (Wildman–Crippen LogP) is 8.50. The summed E-state index contributed by atoms with van der Waals surface area (Å²) in [5, 5.41) is 3.97. The highest BCUT2D eigenvalue weighted by Gasteiger charge is 2.67. The van der Waals surface area contributed by atoms with Gasteiger partial charge in [0.1, 0.15) is 16.0 Å². The molecular formula is C27H14Cl4F8N2O3. The molecule has 1 aliphatic carbocycles. The van der Waals surface area contributed by atoms with Crippen molar-refractivity contribution in [3.05, 3.63) is 92.7 Å². The van der Waals surface area contributed by atoms with Crippen LogP contribution in [0.15, 0.2) is 48.5 Å². The molecule has 4 rings (SSSR count). The van der Waals surface area contributed by atoms with Crippen molar-refractivity contribution >= 4 is 75.4 Å². The SMILES string of the molecule is O=C(Nc1ccc(F)c(CC(=O)C(F)(F)C(F)(F)F)c1F)c1cc(NC(=O)[C@H]2[C@H](c3ccc(F)c(Cl)c3)C2(Cl)Cl)ccc1Cl. The Morgan fingerprint density at radius 2 is 1.45 bits per heavy atom. The fourth-order valence-corrected chi connectivity index (χ4v) is 5.47. The van der Waals surface area contributed by atoms with Crippen LogP contribution in [0.4, 0.5) is 46.5 Å². The maximum atomic E-state index is 14.9. The molecule has 3 aromatic rings. The number of carbonyl (C=O) groups is 3. The van der Waals surface area contributed by atoms with Crippen molar-refractivity contribution in [2.45, 2.75) is 28.8 Å². The maximum Gasteiger partial charge on any atom is 0.461 e. The molecule has 2 atom stereocenters. The van der Waals surface area contributed by atoms with Crippen molar-refractivity contribution in [3.8, 4) is 0 Å². The monoisotopic (exact) mass is 706 g/mol. The number of rotatable bonds is 8. The zero-order chi connectivity index (χ0) is 32.9. The van der Waals surface area contributed by atoms with Crippen LogP contribution in [0.3, 0.4) is 0 Å². The second kappa shape index (κ2) is 12.0. The minimum atomic E-state index is -6.30. The standard InChI is InChI=1S/C27H14Cl4F8N2O3/c28-14-3-2-11(40-24(44)21-20(25(21,30)31)10-1-4-17(33)15(29)7-10)8-12(14)23(43)41-18-6-5-16(32)13(22(18)34)9-19(42)26(35,36)27(37,38)39/h1-8,20-21H,9H2,(H,40,44)(H,41,43)/t20-,21+/m0/s1. The summed E-state index contributed by atoms with van der Waals surface area (Å²) in [6, 6.07) is 8.23. The van der Waals surface area contributed by atoms with Gasteiger partial charge in [-0.15, -0.1) is 23.2 Å². The number of nitrogens with one attached hydrogen (secondary N) is 2. The van der Waals surface area contributed by atoms with E-state index in [9.17, 15) is 49.5 Å². The summed E-state index contributed by atoms with van der Waals surface area (Å²) in [5.41, 5.74) is -2.38. The first-order chi connectivity index (χ1) is 20.3. The number of halogens is 12. The van der Waals surface area contributed by atoms with Crippen molar-refractivity contribution in [3.63, 3.8) is 0 Å². The Labute approximate surface area is 262 Å². The number of carbonyl (C=O) groups excluding carboxylic acids is 3. The van der Waals surface area contributed by atoms with E-state index in [1.54, 1.807) is 0 Å². The van der Waals surface area contributed by atoms with E-state index < -0.39 is 86.6 Å². The summed E-state index contributed by atoms with van der Waals surface area (Å²) in [6.45, 7) is 0. The fourth-order valence-electron chi connectivity index (χ4n) is 4.25. The average Bonchev–Trinajstić information content (AvgIpc) is 3.51. The van der Waals surface area contributed by atoms with Gasteiger partial charge in [-0.1, -0.05) is 29.3 Å². The molecule has 1 saturated carbocycles. The third kappa shape index (κ3) is 6.46. The van der Waals surface area contributed by atoms with Crippen molar-refractivity contribution in [1.29, 1.82) is 0 Å². The first-order valence-corrected chi connectivity index (χ1v) is 13.5. The Balaban J connectivity index is 1.52. The second-order valence-electron chi connectivity index (χ2n) is 9.50. The zero-order valence-corrected chi connectivity index (χ0v) is 24.3. The molecule has 0 saturated heterocycles. The van der Waals surface area contributed by atoms with E-state index in [1.165, 1.54) is 18.2 Å². The molecule has 0 radical (unpaired) electrons. The lowest BCUT2D eigenvalue weighted by Gasteiger charge is -2.18. The van der Waals surface area contributed by atoms with Gasteiger partial charge >= 0.3 is 12.1 Å². The molecular weight excluding hydrogens is 694 g/mol. The molecule has 3 aromatic carbocycles. The number of amides is 2. The highest BCUT2D eigenvalue weighted by Crippen LogP contribution is 2.65. The van der Waals surface area contributed by atoms with Crippen molar-refractivity contribution in [2.24, 2.45) is 5.92 Å². The summed E-state index contributed by atoms with van der Waals surface area (Å²) in [6.07, 6.45) is -8.28. The van der Waals surface area contributed by atoms with E-state index in [1.807, 2.05) is 5.32 Å². The van der Waals surface area contributed by atoms with E-state index in [2.05, 4.69) is 5.32 Å². The van der Waals surface area contributed by atoms with Crippen LogP contribution in [-0.4, -0.2) is 34.0 Å². The van der Waals surface area contributed by atoms with Gasteiger partial charge in [-0.2, -0.15) is 22.0 Å². The summed E-state index contributed by atoms with van der Waals surface area (Å²) < 4.78 is 105. The van der Waals surface area contributed by atoms with Gasteiger partial charge in [0.05, 0.1) is 27.2 Å². The first kappa shape index (κ1) is 33.8. The lowest BCUT2D eigenvalue weighted by molar-refractivity contribution is -0.268. The number of benzene rings is 3. The molecule has 44 heavy (non-hydrogen) atoms. The van der Waals surface area contributed by atoms with E-state index in [4.69, 9.17) is 46.4 Å². The van der Waals surface area contributed by atoms with Crippen LogP contribution in [-0.2, 0) is 16.0 Å². The molecule has 2 amide bonds. The molecule has 0 bridgehead atoms. The Morgan fingerprint density at radius 3 is 2.07 bits per heavy atom. The largest absolute Gasteiger partial charge is 0.461 e. The van der Waals surface area contributed by atoms with Gasteiger partial charge < -0.3 is 10.6 Å². The molecule has 0 heterocycles. The van der Waals surface area contributed by atoms with Crippen molar-refractivity contribution in [1.82, 2.24) is 0 Å². The van der Waals surface area contributed by atoms with Gasteiger partial charge in [0, 0.05) is 23.6 Å². The van der Waals surface area contributed by atoms with Crippen LogP contribution >= 0.6 is 46.4 Å². The third-order valence-electron chi connectivity index (χ3n) is 6.60. The minimum Gasteiger partial charge on any atom is -0.326 e. The number of alkyl halides is 7. The maximum absolute atomic E-state index is 14.9. The van der Waals surface area contributed by atoms with Crippen LogP contribution in [0.1, 0.15) is 27.4 Å². The molecule has 0 spiro atoms. The lowest BCUT2D eigenvalue weighted by Crippen LogP contribution is -2.45. The molecule has 1 fully saturated rings. The molecule has 234 valence electrons. The van der Waals surface area contributed by atoms with E-state index in [-0.39, 0.29) is 15.7 Å². The minimum absolute atomic E-state index is 0.0308. The Bertz CT molecular complexity index is 1680. The molecule has 2 N–H and O–H groups in total. The molecule has 0 aliphatic heterocycles. The van der Waals surface area contributed by atoms with Crippen LogP contribution < -0.4 is 10.6 Å². The number of ketones is 1. The highest BCUT2D eigenvalue weighted by atomic mass is 35.5. The summed E-state index contributed by atoms with van der Waals surface area (Å²) in [5.74, 6) is -16.5. The van der Waals surface area contributed by atoms with E-state index in [0.29, 0.717) is 17.7 Å². The smallest absolute Gasteiger partial charge is 0.326 e. The van der Waals surface area contributed by atoms with Crippen LogP contribution in [0, 0.1) is 23.4 Å². The topological polar surface area (TPSA) is 75.3 Å². The molecule has 17 heteroatoms. The molecule has 1 aliphatic rings. The molecule has 0 aromatic heterocycles. The van der Waals surface area contributed by atoms with Gasteiger partial charge in [0.15, 0.2) is 5.82 Å². The van der Waals surface area contributed by atoms with Gasteiger partial charge in [0.25, 0.3) is 5.91 Å². The van der Waals surface area contributed by atoms with Gasteiger partial charge in [0.2, 0.25) is 11.7 Å². The normalized spacial score (nSPS) is 17.6. The highest BCUT2D eigenvalue weighted by molar-refractivity contribution is 6.53. The molecule has 0 unspecified atom stereocenters. The third-order valence-corrected chi connectivity index (χ3v) is 8.15. The van der Waals surface area contributed by atoms with E-state index in [0.717, 1.165) is 18.2 Å². The van der Waals surface area contributed by atoms with Gasteiger partial charge in [-0.25, -0.2) is 13.2 Å². The van der Waals surface area contributed by atoms with Crippen molar-refractivity contribution < 1.29 is 49.5 Å². The van der Waals surface area contributed by atoms with Gasteiger partial charge in [-0.05, 0) is 48.0 Å². The van der Waals surface area contributed by atoms with Crippen molar-refractivity contribution in [2.75, 3.05) is 10.6 Å². The zero-order valence-electron chi connectivity index (χ0n) is 21.2. The summed E-state index contributed by atoms with van der Waals surface area (Å²) in [7, 11) is 0. The fraction of sp³-hybridized carbons (Fsp3) is 0.222. The lowest BCUT2D eigenvalue weighted by atomic mass is 10.0. The number of anilines is 2. The predicted molar refractivity (Wildman–Crippen MR) is 146 cm³/mol. The number of hydrogen-bond acceptors (Lipinski definition) is 3. The van der Waals surface area contributed by atoms with Gasteiger partial charge in [-0.3, -0.25) is 14.4 Å². The van der Waals surface area contributed by atoms with Crippen LogP contribution in [0.5, 0.6) is 0 Å². The summed E-state index contributed by atoms with van der Waals surface area (Å²) in [4.78, 5) is 37.4. The average molecular weight is 708 g/mol. The molecule has 5 nitrogen and oxygen atoms in total. The number of hydrogen-bond donors (Lipinski definition) is 2. The first-order valence-electron chi connectivity index (χ1n) is 12.0. The van der Waals surface area contributed by atoms with E-state index >= 15 is 0 Å². The van der Waals surface area contributed by atoms with Crippen LogP contribution in [0.25, 0.3) is 0 Å². The number of Topliss-reactive ketones (excluding diaryl/α,β-unsaturated/α-hetero) is 1. The quantitative estimate of drug-likeness (QED) is 0.182. The van der Waals surface area contributed by atoms with Crippen LogP contribution in [0.2, 0.25) is 10.0 Å².